The molecule has 4 heteroatoms. The van der Waals surface area contributed by atoms with Crippen molar-refractivity contribution < 1.29 is 9.53 Å². The van der Waals surface area contributed by atoms with E-state index >= 15 is 0 Å². The van der Waals surface area contributed by atoms with Crippen molar-refractivity contribution in [3.63, 3.8) is 0 Å². The number of rotatable bonds is 5. The van der Waals surface area contributed by atoms with Crippen LogP contribution in [0.5, 0.6) is 5.75 Å². The van der Waals surface area contributed by atoms with E-state index in [2.05, 4.69) is 5.32 Å². The smallest absolute Gasteiger partial charge is 0.240 e. The van der Waals surface area contributed by atoms with Gasteiger partial charge in [-0.25, -0.2) is 0 Å². The highest BCUT2D eigenvalue weighted by molar-refractivity contribution is 5.86. The van der Waals surface area contributed by atoms with Gasteiger partial charge in [-0.05, 0) is 37.0 Å². The lowest BCUT2D eigenvalue weighted by Crippen LogP contribution is -2.55. The van der Waals surface area contributed by atoms with Crippen LogP contribution in [0, 0.1) is 0 Å². The molecule has 110 valence electrons. The van der Waals surface area contributed by atoms with E-state index in [1.165, 1.54) is 6.42 Å². The Labute approximate surface area is 120 Å². The maximum absolute atomic E-state index is 12.2. The molecule has 0 aliphatic heterocycles. The highest BCUT2D eigenvalue weighted by Crippen LogP contribution is 2.25. The van der Waals surface area contributed by atoms with Gasteiger partial charge in [-0.15, -0.1) is 0 Å². The Bertz CT molecular complexity index is 454. The highest BCUT2D eigenvalue weighted by Gasteiger charge is 2.34. The second-order valence-electron chi connectivity index (χ2n) is 5.57. The van der Waals surface area contributed by atoms with Crippen molar-refractivity contribution in [3.8, 4) is 5.75 Å². The fourth-order valence-electron chi connectivity index (χ4n) is 2.73. The topological polar surface area (TPSA) is 64.3 Å². The summed E-state index contributed by atoms with van der Waals surface area (Å²) in [6.45, 7) is 0.616. The van der Waals surface area contributed by atoms with Gasteiger partial charge in [0.05, 0.1) is 12.6 Å². The number of carbonyl (C=O) groups is 1. The summed E-state index contributed by atoms with van der Waals surface area (Å²) in [7, 11) is 1.65. The second kappa shape index (κ2) is 6.75. The standard InChI is InChI=1S/C16H24N2O2/c1-20-14-7-5-6-13(12-14)8-11-18-15(19)16(17)9-3-2-4-10-16/h5-7,12H,2-4,8-11,17H2,1H3,(H,18,19). The van der Waals surface area contributed by atoms with Crippen molar-refractivity contribution in [2.75, 3.05) is 13.7 Å². The zero-order chi connectivity index (χ0) is 14.4. The molecule has 20 heavy (non-hydrogen) atoms. The lowest BCUT2D eigenvalue weighted by molar-refractivity contribution is -0.127. The molecule has 0 unspecified atom stereocenters. The Morgan fingerprint density at radius 3 is 2.80 bits per heavy atom. The average Bonchev–Trinajstić information content (AvgIpc) is 2.48. The first kappa shape index (κ1) is 14.9. The fraction of sp³-hybridized carbons (Fsp3) is 0.562. The van der Waals surface area contributed by atoms with E-state index in [-0.39, 0.29) is 5.91 Å². The zero-order valence-electron chi connectivity index (χ0n) is 12.2. The van der Waals surface area contributed by atoms with Crippen molar-refractivity contribution in [1.82, 2.24) is 5.32 Å². The summed E-state index contributed by atoms with van der Waals surface area (Å²) in [5.74, 6) is 0.844. The summed E-state index contributed by atoms with van der Waals surface area (Å²) < 4.78 is 5.19. The normalized spacial score (nSPS) is 17.5. The van der Waals surface area contributed by atoms with Crippen molar-refractivity contribution in [3.05, 3.63) is 29.8 Å². The molecule has 0 saturated heterocycles. The molecule has 0 bridgehead atoms. The molecule has 0 spiro atoms. The predicted molar refractivity (Wildman–Crippen MR) is 79.7 cm³/mol. The maximum atomic E-state index is 12.2. The van der Waals surface area contributed by atoms with E-state index in [0.29, 0.717) is 6.54 Å². The van der Waals surface area contributed by atoms with Gasteiger partial charge in [0.1, 0.15) is 5.75 Å². The minimum absolute atomic E-state index is 0.0000890. The van der Waals surface area contributed by atoms with Crippen LogP contribution in [-0.2, 0) is 11.2 Å². The molecular weight excluding hydrogens is 252 g/mol. The molecular formula is C16H24N2O2. The quantitative estimate of drug-likeness (QED) is 0.864. The Balaban J connectivity index is 1.81. The van der Waals surface area contributed by atoms with E-state index < -0.39 is 5.54 Å². The van der Waals surface area contributed by atoms with Gasteiger partial charge in [0, 0.05) is 6.54 Å². The number of nitrogens with two attached hydrogens (primary N) is 1. The number of ether oxygens (including phenoxy) is 1. The summed E-state index contributed by atoms with van der Waals surface area (Å²) in [6.07, 6.45) is 5.70. The van der Waals surface area contributed by atoms with Gasteiger partial charge in [0.2, 0.25) is 5.91 Å². The molecule has 1 fully saturated rings. The number of hydrogen-bond donors (Lipinski definition) is 2. The fourth-order valence-corrected chi connectivity index (χ4v) is 2.73. The molecule has 2 rings (SSSR count). The number of methoxy groups -OCH3 is 1. The molecule has 0 aromatic heterocycles. The molecule has 1 aliphatic rings. The van der Waals surface area contributed by atoms with Crippen LogP contribution < -0.4 is 15.8 Å². The summed E-state index contributed by atoms with van der Waals surface area (Å²) in [4.78, 5) is 12.2. The van der Waals surface area contributed by atoms with Gasteiger partial charge in [-0.3, -0.25) is 4.79 Å². The van der Waals surface area contributed by atoms with Crippen LogP contribution in [-0.4, -0.2) is 25.1 Å². The molecule has 1 aromatic rings. The van der Waals surface area contributed by atoms with Gasteiger partial charge in [0.25, 0.3) is 0 Å². The SMILES string of the molecule is COc1cccc(CCNC(=O)C2(N)CCCCC2)c1. The molecule has 1 saturated carbocycles. The van der Waals surface area contributed by atoms with Crippen LogP contribution in [0.3, 0.4) is 0 Å². The predicted octanol–water partition coefficient (Wildman–Crippen LogP) is 2.02. The number of hydrogen-bond acceptors (Lipinski definition) is 3. The molecule has 0 heterocycles. The molecule has 1 aromatic carbocycles. The van der Waals surface area contributed by atoms with Crippen LogP contribution in [0.25, 0.3) is 0 Å². The summed E-state index contributed by atoms with van der Waals surface area (Å²) in [5, 5.41) is 2.97. The third-order valence-corrected chi connectivity index (χ3v) is 4.03. The van der Waals surface area contributed by atoms with Gasteiger partial charge < -0.3 is 15.8 Å². The number of benzene rings is 1. The van der Waals surface area contributed by atoms with Crippen molar-refractivity contribution >= 4 is 5.91 Å². The van der Waals surface area contributed by atoms with Gasteiger partial charge >= 0.3 is 0 Å². The first-order chi connectivity index (χ1) is 9.64. The van der Waals surface area contributed by atoms with Gasteiger partial charge in [-0.2, -0.15) is 0 Å². The number of amides is 1. The van der Waals surface area contributed by atoms with Crippen molar-refractivity contribution in [1.29, 1.82) is 0 Å². The van der Waals surface area contributed by atoms with E-state index in [4.69, 9.17) is 10.5 Å². The maximum Gasteiger partial charge on any atom is 0.240 e. The van der Waals surface area contributed by atoms with E-state index in [1.54, 1.807) is 7.11 Å². The van der Waals surface area contributed by atoms with Gasteiger partial charge in [-0.1, -0.05) is 31.4 Å². The molecule has 3 N–H and O–H groups in total. The Hall–Kier alpha value is -1.55. The summed E-state index contributed by atoms with van der Waals surface area (Å²) >= 11 is 0. The first-order valence-electron chi connectivity index (χ1n) is 7.34. The monoisotopic (exact) mass is 276 g/mol. The van der Waals surface area contributed by atoms with Crippen molar-refractivity contribution in [2.45, 2.75) is 44.1 Å². The minimum atomic E-state index is -0.646. The summed E-state index contributed by atoms with van der Waals surface area (Å²) in [6, 6.07) is 7.90. The van der Waals surface area contributed by atoms with Crippen molar-refractivity contribution in [2.24, 2.45) is 5.73 Å². The Kier molecular flexibility index (Phi) is 5.01. The molecule has 1 aliphatic carbocycles. The third-order valence-electron chi connectivity index (χ3n) is 4.03. The number of nitrogens with one attached hydrogen (secondary N) is 1. The van der Waals surface area contributed by atoms with E-state index in [1.807, 2.05) is 24.3 Å². The van der Waals surface area contributed by atoms with Crippen LogP contribution in [0.2, 0.25) is 0 Å². The van der Waals surface area contributed by atoms with Crippen LogP contribution in [0.1, 0.15) is 37.7 Å². The Morgan fingerprint density at radius 2 is 2.10 bits per heavy atom. The minimum Gasteiger partial charge on any atom is -0.497 e. The summed E-state index contributed by atoms with van der Waals surface area (Å²) in [5.41, 5.74) is 6.70. The molecule has 1 amide bonds. The zero-order valence-corrected chi connectivity index (χ0v) is 12.2. The molecule has 4 nitrogen and oxygen atoms in total. The Morgan fingerprint density at radius 1 is 1.35 bits per heavy atom. The van der Waals surface area contributed by atoms with Gasteiger partial charge in [0.15, 0.2) is 0 Å². The lowest BCUT2D eigenvalue weighted by atomic mass is 9.82. The highest BCUT2D eigenvalue weighted by atomic mass is 16.5. The second-order valence-corrected chi connectivity index (χ2v) is 5.57. The first-order valence-corrected chi connectivity index (χ1v) is 7.34. The molecule has 0 radical (unpaired) electrons. The van der Waals surface area contributed by atoms with Crippen LogP contribution in [0.15, 0.2) is 24.3 Å². The van der Waals surface area contributed by atoms with E-state index in [9.17, 15) is 4.79 Å². The van der Waals surface area contributed by atoms with Crippen LogP contribution in [0.4, 0.5) is 0 Å². The largest absolute Gasteiger partial charge is 0.497 e. The number of carbonyl (C=O) groups excluding carboxylic acids is 1. The lowest BCUT2D eigenvalue weighted by Gasteiger charge is -2.31. The third kappa shape index (κ3) is 3.73. The van der Waals surface area contributed by atoms with E-state index in [0.717, 1.165) is 43.4 Å². The van der Waals surface area contributed by atoms with Crippen LogP contribution >= 0.6 is 0 Å². The molecule has 0 atom stereocenters. The average molecular weight is 276 g/mol.